The Morgan fingerprint density at radius 3 is 2.50 bits per heavy atom. The van der Waals surface area contributed by atoms with Gasteiger partial charge in [0, 0.05) is 11.8 Å². The number of hydrogen-bond acceptors (Lipinski definition) is 5. The second kappa shape index (κ2) is 5.86. The summed E-state index contributed by atoms with van der Waals surface area (Å²) in [5.41, 5.74) is 6.30. The molecule has 1 aromatic heterocycles. The van der Waals surface area contributed by atoms with Crippen molar-refractivity contribution in [3.8, 4) is 11.6 Å². The Kier molecular flexibility index (Phi) is 3.96. The van der Waals surface area contributed by atoms with Crippen molar-refractivity contribution in [1.82, 2.24) is 9.97 Å². The van der Waals surface area contributed by atoms with E-state index in [9.17, 15) is 0 Å². The van der Waals surface area contributed by atoms with E-state index in [0.29, 0.717) is 19.1 Å². The van der Waals surface area contributed by atoms with Crippen LogP contribution < -0.4 is 15.2 Å². The van der Waals surface area contributed by atoms with Crippen LogP contribution in [0.4, 0.5) is 5.95 Å². The highest BCUT2D eigenvalue weighted by Crippen LogP contribution is 2.10. The molecule has 18 heavy (non-hydrogen) atoms. The molecule has 5 nitrogen and oxygen atoms in total. The molecule has 5 heteroatoms. The van der Waals surface area contributed by atoms with Gasteiger partial charge in [0.2, 0.25) is 11.8 Å². The first-order valence-corrected chi connectivity index (χ1v) is 5.66. The Morgan fingerprint density at radius 1 is 1.06 bits per heavy atom. The van der Waals surface area contributed by atoms with Gasteiger partial charge in [0.1, 0.15) is 19.0 Å². The van der Waals surface area contributed by atoms with Gasteiger partial charge in [0.05, 0.1) is 0 Å². The van der Waals surface area contributed by atoms with Crippen LogP contribution in [0, 0.1) is 6.92 Å². The fraction of sp³-hybridized carbons (Fsp3) is 0.231. The summed E-state index contributed by atoms with van der Waals surface area (Å²) in [7, 11) is 0. The maximum Gasteiger partial charge on any atom is 0.223 e. The lowest BCUT2D eigenvalue weighted by Crippen LogP contribution is -2.10. The second-order valence-electron chi connectivity index (χ2n) is 3.72. The van der Waals surface area contributed by atoms with E-state index in [4.69, 9.17) is 15.2 Å². The lowest BCUT2D eigenvalue weighted by Gasteiger charge is -2.08. The standard InChI is InChI=1S/C13H15N3O2/c1-10-9-12(16-13(14)15-10)18-8-7-17-11-5-3-2-4-6-11/h2-6,9H,7-8H2,1H3,(H2,14,15,16). The molecule has 0 saturated heterocycles. The fourth-order valence-electron chi connectivity index (χ4n) is 1.46. The quantitative estimate of drug-likeness (QED) is 0.814. The van der Waals surface area contributed by atoms with Gasteiger partial charge in [-0.15, -0.1) is 0 Å². The molecule has 0 radical (unpaired) electrons. The zero-order valence-corrected chi connectivity index (χ0v) is 10.2. The SMILES string of the molecule is Cc1cc(OCCOc2ccccc2)nc(N)n1. The van der Waals surface area contributed by atoms with Crippen molar-refractivity contribution in [3.63, 3.8) is 0 Å². The first-order chi connectivity index (χ1) is 8.74. The molecule has 0 amide bonds. The molecule has 0 aliphatic rings. The smallest absolute Gasteiger partial charge is 0.223 e. The molecule has 1 aromatic carbocycles. The van der Waals surface area contributed by atoms with E-state index in [1.54, 1.807) is 6.07 Å². The van der Waals surface area contributed by atoms with Crippen LogP contribution in [0.25, 0.3) is 0 Å². The number of ether oxygens (including phenoxy) is 2. The number of nitrogens with zero attached hydrogens (tertiary/aromatic N) is 2. The summed E-state index contributed by atoms with van der Waals surface area (Å²) in [5, 5.41) is 0. The van der Waals surface area contributed by atoms with Crippen LogP contribution in [0.5, 0.6) is 11.6 Å². The molecule has 0 bridgehead atoms. The zero-order chi connectivity index (χ0) is 12.8. The van der Waals surface area contributed by atoms with Crippen LogP contribution in [0.1, 0.15) is 5.69 Å². The first-order valence-electron chi connectivity index (χ1n) is 5.66. The monoisotopic (exact) mass is 245 g/mol. The van der Waals surface area contributed by atoms with Gasteiger partial charge in [-0.05, 0) is 19.1 Å². The molecule has 2 aromatic rings. The van der Waals surface area contributed by atoms with Crippen LogP contribution in [0.2, 0.25) is 0 Å². The number of aryl methyl sites for hydroxylation is 1. The van der Waals surface area contributed by atoms with Crippen LogP contribution >= 0.6 is 0 Å². The Bertz CT molecular complexity index is 483. The molecular weight excluding hydrogens is 230 g/mol. The zero-order valence-electron chi connectivity index (χ0n) is 10.2. The average Bonchev–Trinajstić information content (AvgIpc) is 2.35. The van der Waals surface area contributed by atoms with E-state index >= 15 is 0 Å². The Morgan fingerprint density at radius 2 is 1.78 bits per heavy atom. The van der Waals surface area contributed by atoms with E-state index in [2.05, 4.69) is 9.97 Å². The number of anilines is 1. The molecule has 0 aliphatic heterocycles. The van der Waals surface area contributed by atoms with Gasteiger partial charge >= 0.3 is 0 Å². The molecule has 0 unspecified atom stereocenters. The summed E-state index contributed by atoms with van der Waals surface area (Å²) < 4.78 is 10.9. The van der Waals surface area contributed by atoms with Crippen LogP contribution in [-0.2, 0) is 0 Å². The minimum absolute atomic E-state index is 0.217. The van der Waals surface area contributed by atoms with Crippen molar-refractivity contribution < 1.29 is 9.47 Å². The highest BCUT2D eigenvalue weighted by Gasteiger charge is 2.00. The van der Waals surface area contributed by atoms with Gasteiger partial charge in [-0.2, -0.15) is 4.98 Å². The van der Waals surface area contributed by atoms with E-state index in [1.165, 1.54) is 0 Å². The molecular formula is C13H15N3O2. The maximum absolute atomic E-state index is 5.52. The third-order valence-electron chi connectivity index (χ3n) is 2.19. The summed E-state index contributed by atoms with van der Waals surface area (Å²) in [6.45, 7) is 2.70. The Balaban J connectivity index is 1.78. The molecule has 0 saturated carbocycles. The van der Waals surface area contributed by atoms with E-state index in [0.717, 1.165) is 11.4 Å². The summed E-state index contributed by atoms with van der Waals surface area (Å²) >= 11 is 0. The van der Waals surface area contributed by atoms with Crippen LogP contribution in [-0.4, -0.2) is 23.2 Å². The predicted molar refractivity (Wildman–Crippen MR) is 68.6 cm³/mol. The van der Waals surface area contributed by atoms with Crippen molar-refractivity contribution in [2.75, 3.05) is 18.9 Å². The van der Waals surface area contributed by atoms with Crippen LogP contribution in [0.3, 0.4) is 0 Å². The summed E-state index contributed by atoms with van der Waals surface area (Å²) in [6, 6.07) is 11.3. The van der Waals surface area contributed by atoms with Gasteiger partial charge < -0.3 is 15.2 Å². The van der Waals surface area contributed by atoms with Gasteiger partial charge in [0.25, 0.3) is 0 Å². The number of para-hydroxylation sites is 1. The molecule has 0 atom stereocenters. The number of rotatable bonds is 5. The van der Waals surface area contributed by atoms with Gasteiger partial charge in [-0.1, -0.05) is 18.2 Å². The maximum atomic E-state index is 5.52. The first kappa shape index (κ1) is 12.2. The summed E-state index contributed by atoms with van der Waals surface area (Å²) in [5.74, 6) is 1.50. The molecule has 0 spiro atoms. The van der Waals surface area contributed by atoms with Crippen molar-refractivity contribution in [3.05, 3.63) is 42.1 Å². The third-order valence-corrected chi connectivity index (χ3v) is 2.19. The Hall–Kier alpha value is -2.30. The highest BCUT2D eigenvalue weighted by molar-refractivity contribution is 5.25. The predicted octanol–water partition coefficient (Wildman–Crippen LogP) is 1.83. The average molecular weight is 245 g/mol. The number of nitrogens with two attached hydrogens (primary N) is 1. The highest BCUT2D eigenvalue weighted by atomic mass is 16.5. The van der Waals surface area contributed by atoms with E-state index < -0.39 is 0 Å². The minimum Gasteiger partial charge on any atom is -0.490 e. The lowest BCUT2D eigenvalue weighted by atomic mass is 10.3. The largest absolute Gasteiger partial charge is 0.490 e. The van der Waals surface area contributed by atoms with E-state index in [-0.39, 0.29) is 5.95 Å². The minimum atomic E-state index is 0.217. The fourth-order valence-corrected chi connectivity index (χ4v) is 1.46. The van der Waals surface area contributed by atoms with Crippen molar-refractivity contribution >= 4 is 5.95 Å². The van der Waals surface area contributed by atoms with Crippen molar-refractivity contribution in [1.29, 1.82) is 0 Å². The number of hydrogen-bond donors (Lipinski definition) is 1. The molecule has 1 heterocycles. The van der Waals surface area contributed by atoms with Gasteiger partial charge in [-0.25, -0.2) is 4.98 Å². The van der Waals surface area contributed by atoms with Crippen molar-refractivity contribution in [2.24, 2.45) is 0 Å². The third kappa shape index (κ3) is 3.62. The number of aromatic nitrogens is 2. The second-order valence-corrected chi connectivity index (χ2v) is 3.72. The Labute approximate surface area is 106 Å². The topological polar surface area (TPSA) is 70.3 Å². The number of nitrogen functional groups attached to an aromatic ring is 1. The van der Waals surface area contributed by atoms with E-state index in [1.807, 2.05) is 37.3 Å². The molecule has 0 aliphatic carbocycles. The molecule has 0 fully saturated rings. The molecule has 94 valence electrons. The summed E-state index contributed by atoms with van der Waals surface area (Å²) in [4.78, 5) is 7.93. The van der Waals surface area contributed by atoms with Gasteiger partial charge in [-0.3, -0.25) is 0 Å². The van der Waals surface area contributed by atoms with Crippen LogP contribution in [0.15, 0.2) is 36.4 Å². The summed E-state index contributed by atoms with van der Waals surface area (Å²) in [6.07, 6.45) is 0. The van der Waals surface area contributed by atoms with Crippen molar-refractivity contribution in [2.45, 2.75) is 6.92 Å². The number of benzene rings is 1. The lowest BCUT2D eigenvalue weighted by molar-refractivity contribution is 0.212. The normalized spacial score (nSPS) is 10.1. The molecule has 2 N–H and O–H groups in total. The molecule has 2 rings (SSSR count). The van der Waals surface area contributed by atoms with Gasteiger partial charge in [0.15, 0.2) is 0 Å².